The standard InChI is InChI=1S/C9H19N.C3H8.C2H6/c1-3-10(2)9-7-5-4-6-8-9;1-3-2;1-2/h9H,3-8H2,1-2H3;3H2,1-2H3;1-2H3. The highest BCUT2D eigenvalue weighted by Crippen LogP contribution is 2.20. The average molecular weight is 215 g/mol. The molecule has 0 heterocycles. The van der Waals surface area contributed by atoms with Gasteiger partial charge in [0.05, 0.1) is 0 Å². The first-order chi connectivity index (χ1) is 7.26. The minimum absolute atomic E-state index is 0.902. The summed E-state index contributed by atoms with van der Waals surface area (Å²) in [5.41, 5.74) is 0. The van der Waals surface area contributed by atoms with E-state index >= 15 is 0 Å². The van der Waals surface area contributed by atoms with Crippen LogP contribution in [0.1, 0.15) is 73.1 Å². The molecule has 94 valence electrons. The molecule has 0 N–H and O–H groups in total. The Morgan fingerprint density at radius 3 is 1.67 bits per heavy atom. The second-order valence-electron chi connectivity index (χ2n) is 4.07. The molecular formula is C14H33N. The predicted octanol–water partition coefficient (Wildman–Crippen LogP) is 4.71. The summed E-state index contributed by atoms with van der Waals surface area (Å²) in [5, 5.41) is 0. The summed E-state index contributed by atoms with van der Waals surface area (Å²) in [5.74, 6) is 0. The molecule has 1 aliphatic rings. The van der Waals surface area contributed by atoms with E-state index < -0.39 is 0 Å². The number of hydrogen-bond acceptors (Lipinski definition) is 1. The van der Waals surface area contributed by atoms with E-state index in [1.807, 2.05) is 13.8 Å². The van der Waals surface area contributed by atoms with Crippen LogP contribution in [0, 0.1) is 0 Å². The van der Waals surface area contributed by atoms with Crippen LogP contribution in [-0.4, -0.2) is 24.5 Å². The second-order valence-corrected chi connectivity index (χ2v) is 4.07. The first kappa shape index (κ1) is 17.4. The van der Waals surface area contributed by atoms with Crippen LogP contribution in [0.25, 0.3) is 0 Å². The molecule has 15 heavy (non-hydrogen) atoms. The van der Waals surface area contributed by atoms with Gasteiger partial charge in [-0.1, -0.05) is 60.3 Å². The SMILES string of the molecule is CC.CCC.CCN(C)C1CCCCC1. The number of rotatable bonds is 2. The highest BCUT2D eigenvalue weighted by molar-refractivity contribution is 4.72. The molecule has 0 aromatic carbocycles. The van der Waals surface area contributed by atoms with E-state index in [9.17, 15) is 0 Å². The molecule has 0 aromatic rings. The summed E-state index contributed by atoms with van der Waals surface area (Å²) in [4.78, 5) is 2.49. The van der Waals surface area contributed by atoms with Crippen molar-refractivity contribution < 1.29 is 0 Å². The van der Waals surface area contributed by atoms with Gasteiger partial charge in [-0.3, -0.25) is 0 Å². The minimum Gasteiger partial charge on any atom is -0.304 e. The van der Waals surface area contributed by atoms with Crippen LogP contribution < -0.4 is 0 Å². The van der Waals surface area contributed by atoms with Crippen LogP contribution >= 0.6 is 0 Å². The van der Waals surface area contributed by atoms with E-state index in [2.05, 4.69) is 32.7 Å². The van der Waals surface area contributed by atoms with Gasteiger partial charge in [-0.05, 0) is 26.4 Å². The predicted molar refractivity (Wildman–Crippen MR) is 72.5 cm³/mol. The molecule has 1 fully saturated rings. The van der Waals surface area contributed by atoms with Crippen LogP contribution in [0.3, 0.4) is 0 Å². The minimum atomic E-state index is 0.902. The van der Waals surface area contributed by atoms with Crippen molar-refractivity contribution in [3.8, 4) is 0 Å². The third-order valence-corrected chi connectivity index (χ3v) is 2.70. The zero-order valence-corrected chi connectivity index (χ0v) is 12.0. The van der Waals surface area contributed by atoms with E-state index in [0.29, 0.717) is 0 Å². The lowest BCUT2D eigenvalue weighted by Gasteiger charge is -2.29. The fourth-order valence-corrected chi connectivity index (χ4v) is 1.78. The molecule has 0 bridgehead atoms. The second kappa shape index (κ2) is 14.0. The van der Waals surface area contributed by atoms with Crippen LogP contribution in [0.4, 0.5) is 0 Å². The van der Waals surface area contributed by atoms with Gasteiger partial charge in [-0.2, -0.15) is 0 Å². The molecular weight excluding hydrogens is 182 g/mol. The highest BCUT2D eigenvalue weighted by atomic mass is 15.1. The van der Waals surface area contributed by atoms with Crippen molar-refractivity contribution in [2.24, 2.45) is 0 Å². The van der Waals surface area contributed by atoms with Crippen molar-refractivity contribution in [2.75, 3.05) is 13.6 Å². The Morgan fingerprint density at radius 1 is 0.933 bits per heavy atom. The molecule has 0 unspecified atom stereocenters. The maximum absolute atomic E-state index is 2.49. The third-order valence-electron chi connectivity index (χ3n) is 2.70. The zero-order valence-electron chi connectivity index (χ0n) is 12.0. The normalized spacial score (nSPS) is 16.2. The van der Waals surface area contributed by atoms with E-state index in [4.69, 9.17) is 0 Å². The van der Waals surface area contributed by atoms with Crippen LogP contribution in [0.15, 0.2) is 0 Å². The topological polar surface area (TPSA) is 3.24 Å². The average Bonchev–Trinajstić information content (AvgIpc) is 2.33. The first-order valence-corrected chi connectivity index (χ1v) is 6.96. The molecule has 1 saturated carbocycles. The van der Waals surface area contributed by atoms with Gasteiger partial charge in [-0.25, -0.2) is 0 Å². The summed E-state index contributed by atoms with van der Waals surface area (Å²) in [6.07, 6.45) is 8.49. The molecule has 1 rings (SSSR count). The molecule has 0 amide bonds. The molecule has 0 atom stereocenters. The van der Waals surface area contributed by atoms with Crippen molar-refractivity contribution in [1.82, 2.24) is 4.90 Å². The molecule has 1 heteroatoms. The fraction of sp³-hybridized carbons (Fsp3) is 1.00. The number of hydrogen-bond donors (Lipinski definition) is 0. The lowest BCUT2D eigenvalue weighted by molar-refractivity contribution is 0.200. The lowest BCUT2D eigenvalue weighted by Crippen LogP contribution is -2.32. The lowest BCUT2D eigenvalue weighted by atomic mass is 9.95. The van der Waals surface area contributed by atoms with Gasteiger partial charge in [0.15, 0.2) is 0 Å². The Hall–Kier alpha value is -0.0400. The maximum Gasteiger partial charge on any atom is 0.00920 e. The quantitative estimate of drug-likeness (QED) is 0.644. The van der Waals surface area contributed by atoms with Gasteiger partial charge >= 0.3 is 0 Å². The first-order valence-electron chi connectivity index (χ1n) is 6.96. The highest BCUT2D eigenvalue weighted by Gasteiger charge is 2.15. The third kappa shape index (κ3) is 10.2. The van der Waals surface area contributed by atoms with E-state index in [0.717, 1.165) is 6.04 Å². The largest absolute Gasteiger partial charge is 0.304 e. The summed E-state index contributed by atoms with van der Waals surface area (Å²) in [6.45, 7) is 11.7. The zero-order chi connectivity index (χ0) is 12.1. The fourth-order valence-electron chi connectivity index (χ4n) is 1.78. The molecule has 0 radical (unpaired) electrons. The van der Waals surface area contributed by atoms with E-state index in [-0.39, 0.29) is 0 Å². The van der Waals surface area contributed by atoms with Gasteiger partial charge in [0, 0.05) is 6.04 Å². The van der Waals surface area contributed by atoms with Gasteiger partial charge in [0.2, 0.25) is 0 Å². The Balaban J connectivity index is 0. The Kier molecular flexibility index (Phi) is 16.2. The van der Waals surface area contributed by atoms with Gasteiger partial charge in [-0.15, -0.1) is 0 Å². The summed E-state index contributed by atoms with van der Waals surface area (Å²) < 4.78 is 0. The van der Waals surface area contributed by atoms with E-state index in [1.165, 1.54) is 45.1 Å². The van der Waals surface area contributed by atoms with Crippen molar-refractivity contribution in [3.63, 3.8) is 0 Å². The molecule has 0 saturated heterocycles. The maximum atomic E-state index is 2.49. The Morgan fingerprint density at radius 2 is 1.33 bits per heavy atom. The summed E-state index contributed by atoms with van der Waals surface area (Å²) in [7, 11) is 2.25. The molecule has 0 aromatic heterocycles. The van der Waals surface area contributed by atoms with Crippen LogP contribution in [-0.2, 0) is 0 Å². The van der Waals surface area contributed by atoms with Crippen molar-refractivity contribution in [3.05, 3.63) is 0 Å². The Bertz CT molecular complexity index is 95.5. The summed E-state index contributed by atoms with van der Waals surface area (Å²) >= 11 is 0. The molecule has 0 spiro atoms. The van der Waals surface area contributed by atoms with Crippen molar-refractivity contribution >= 4 is 0 Å². The van der Waals surface area contributed by atoms with Crippen LogP contribution in [0.5, 0.6) is 0 Å². The van der Waals surface area contributed by atoms with Crippen molar-refractivity contribution in [2.45, 2.75) is 79.2 Å². The van der Waals surface area contributed by atoms with Crippen molar-refractivity contribution in [1.29, 1.82) is 0 Å². The monoisotopic (exact) mass is 215 g/mol. The molecule has 1 nitrogen and oxygen atoms in total. The molecule has 0 aliphatic heterocycles. The van der Waals surface area contributed by atoms with Gasteiger partial charge < -0.3 is 4.90 Å². The number of nitrogens with zero attached hydrogens (tertiary/aromatic N) is 1. The van der Waals surface area contributed by atoms with Crippen LogP contribution in [0.2, 0.25) is 0 Å². The van der Waals surface area contributed by atoms with Gasteiger partial charge in [0.25, 0.3) is 0 Å². The smallest absolute Gasteiger partial charge is 0.00920 e. The van der Waals surface area contributed by atoms with E-state index in [1.54, 1.807) is 0 Å². The summed E-state index contributed by atoms with van der Waals surface area (Å²) in [6, 6.07) is 0.902. The molecule has 1 aliphatic carbocycles. The van der Waals surface area contributed by atoms with Gasteiger partial charge in [0.1, 0.15) is 0 Å². The Labute approximate surface area is 98.2 Å².